The van der Waals surface area contributed by atoms with E-state index in [0.717, 1.165) is 11.3 Å². The number of pyridine rings is 1. The lowest BCUT2D eigenvalue weighted by molar-refractivity contribution is 0.102. The molecular formula is C21H21N3O2. The summed E-state index contributed by atoms with van der Waals surface area (Å²) in [5, 5.41) is 2.83. The van der Waals surface area contributed by atoms with Gasteiger partial charge >= 0.3 is 0 Å². The number of rotatable bonds is 5. The number of nitrogens with two attached hydrogens (primary N) is 1. The molecule has 0 saturated heterocycles. The van der Waals surface area contributed by atoms with E-state index in [0.29, 0.717) is 23.6 Å². The van der Waals surface area contributed by atoms with Crippen LogP contribution in [0.1, 0.15) is 27.2 Å². The Kier molecular flexibility index (Phi) is 5.17. The maximum Gasteiger partial charge on any atom is 0.259 e. The van der Waals surface area contributed by atoms with Crippen molar-refractivity contribution in [3.8, 4) is 5.75 Å². The Morgan fingerprint density at radius 1 is 1.08 bits per heavy atom. The second-order valence-electron chi connectivity index (χ2n) is 6.15. The smallest absolute Gasteiger partial charge is 0.259 e. The molecule has 5 heteroatoms. The number of aromatic nitrogens is 1. The van der Waals surface area contributed by atoms with Gasteiger partial charge in [-0.25, -0.2) is 4.98 Å². The summed E-state index contributed by atoms with van der Waals surface area (Å²) in [4.78, 5) is 16.5. The van der Waals surface area contributed by atoms with E-state index in [1.807, 2.05) is 44.2 Å². The minimum Gasteiger partial charge on any atom is -0.489 e. The normalized spacial score (nSPS) is 10.4. The molecule has 0 atom stereocenters. The van der Waals surface area contributed by atoms with Crippen molar-refractivity contribution in [2.24, 2.45) is 0 Å². The topological polar surface area (TPSA) is 77.2 Å². The molecule has 0 radical (unpaired) electrons. The number of nitrogens with one attached hydrogen (secondary N) is 1. The lowest BCUT2D eigenvalue weighted by atomic mass is 10.1. The molecule has 3 rings (SSSR count). The third-order valence-corrected chi connectivity index (χ3v) is 3.89. The van der Waals surface area contributed by atoms with E-state index in [1.165, 1.54) is 5.56 Å². The lowest BCUT2D eigenvalue weighted by Crippen LogP contribution is -2.15. The minimum absolute atomic E-state index is 0.217. The molecule has 5 nitrogen and oxygen atoms in total. The number of anilines is 2. The van der Waals surface area contributed by atoms with Crippen LogP contribution in [-0.2, 0) is 6.61 Å². The monoisotopic (exact) mass is 347 g/mol. The van der Waals surface area contributed by atoms with Gasteiger partial charge in [-0.2, -0.15) is 0 Å². The lowest BCUT2D eigenvalue weighted by Gasteiger charge is -2.10. The minimum atomic E-state index is -0.300. The third-order valence-electron chi connectivity index (χ3n) is 3.89. The molecule has 0 spiro atoms. The van der Waals surface area contributed by atoms with Gasteiger partial charge in [-0.3, -0.25) is 4.79 Å². The van der Waals surface area contributed by atoms with E-state index in [1.54, 1.807) is 24.3 Å². The Balaban J connectivity index is 1.68. The molecule has 1 aromatic heterocycles. The van der Waals surface area contributed by atoms with Crippen molar-refractivity contribution in [2.45, 2.75) is 20.5 Å². The van der Waals surface area contributed by atoms with Gasteiger partial charge in [0, 0.05) is 17.4 Å². The fourth-order valence-corrected chi connectivity index (χ4v) is 2.60. The summed E-state index contributed by atoms with van der Waals surface area (Å²) in [7, 11) is 0. The van der Waals surface area contributed by atoms with Gasteiger partial charge in [0.05, 0.1) is 5.56 Å². The summed E-state index contributed by atoms with van der Waals surface area (Å²) in [6, 6.07) is 18.9. The van der Waals surface area contributed by atoms with Gasteiger partial charge in [0.1, 0.15) is 18.2 Å². The zero-order valence-corrected chi connectivity index (χ0v) is 14.8. The summed E-state index contributed by atoms with van der Waals surface area (Å²) in [5.41, 5.74) is 9.87. The summed E-state index contributed by atoms with van der Waals surface area (Å²) < 4.78 is 5.83. The van der Waals surface area contributed by atoms with Crippen LogP contribution in [0.2, 0.25) is 0 Å². The number of nitrogen functional groups attached to an aromatic ring is 1. The SMILES string of the molecule is Cc1cccc(COc2cccc(NC(=O)c3ccc(C)nc3N)c2)c1. The van der Waals surface area contributed by atoms with E-state index >= 15 is 0 Å². The van der Waals surface area contributed by atoms with Crippen molar-refractivity contribution < 1.29 is 9.53 Å². The van der Waals surface area contributed by atoms with E-state index < -0.39 is 0 Å². The van der Waals surface area contributed by atoms with Gasteiger partial charge in [0.25, 0.3) is 5.91 Å². The Morgan fingerprint density at radius 3 is 2.65 bits per heavy atom. The van der Waals surface area contributed by atoms with Crippen LogP contribution in [0.15, 0.2) is 60.7 Å². The Hall–Kier alpha value is -3.34. The van der Waals surface area contributed by atoms with Crippen LogP contribution in [0.25, 0.3) is 0 Å². The predicted octanol–water partition coefficient (Wildman–Crippen LogP) is 4.11. The summed E-state index contributed by atoms with van der Waals surface area (Å²) >= 11 is 0. The van der Waals surface area contributed by atoms with Gasteiger partial charge in [0.2, 0.25) is 0 Å². The van der Waals surface area contributed by atoms with E-state index in [4.69, 9.17) is 10.5 Å². The quantitative estimate of drug-likeness (QED) is 0.728. The highest BCUT2D eigenvalue weighted by Crippen LogP contribution is 2.20. The van der Waals surface area contributed by atoms with Crippen LogP contribution >= 0.6 is 0 Å². The Morgan fingerprint density at radius 2 is 1.88 bits per heavy atom. The molecule has 0 bridgehead atoms. The molecule has 0 aliphatic heterocycles. The highest BCUT2D eigenvalue weighted by Gasteiger charge is 2.11. The summed E-state index contributed by atoms with van der Waals surface area (Å²) in [6.07, 6.45) is 0. The predicted molar refractivity (Wildman–Crippen MR) is 103 cm³/mol. The van der Waals surface area contributed by atoms with E-state index in [9.17, 15) is 4.79 Å². The van der Waals surface area contributed by atoms with Gasteiger partial charge in [-0.15, -0.1) is 0 Å². The fraction of sp³-hybridized carbons (Fsp3) is 0.143. The number of carbonyl (C=O) groups is 1. The average molecular weight is 347 g/mol. The van der Waals surface area contributed by atoms with Crippen molar-refractivity contribution in [3.63, 3.8) is 0 Å². The first-order valence-corrected chi connectivity index (χ1v) is 8.34. The Bertz CT molecular complexity index is 938. The molecule has 2 aromatic carbocycles. The van der Waals surface area contributed by atoms with Crippen LogP contribution in [0.5, 0.6) is 5.75 Å². The maximum atomic E-state index is 12.4. The Labute approximate surface area is 152 Å². The fourth-order valence-electron chi connectivity index (χ4n) is 2.60. The molecule has 1 amide bonds. The van der Waals surface area contributed by atoms with Crippen LogP contribution in [0, 0.1) is 13.8 Å². The average Bonchev–Trinajstić information content (AvgIpc) is 2.60. The number of nitrogens with zero attached hydrogens (tertiary/aromatic N) is 1. The first kappa shape index (κ1) is 17.5. The molecule has 0 unspecified atom stereocenters. The first-order valence-electron chi connectivity index (χ1n) is 8.34. The number of hydrogen-bond acceptors (Lipinski definition) is 4. The van der Waals surface area contributed by atoms with Crippen LogP contribution in [0.4, 0.5) is 11.5 Å². The number of ether oxygens (including phenoxy) is 1. The number of aryl methyl sites for hydroxylation is 2. The summed E-state index contributed by atoms with van der Waals surface area (Å²) in [5.74, 6) is 0.597. The third kappa shape index (κ3) is 4.39. The first-order chi connectivity index (χ1) is 12.5. The summed E-state index contributed by atoms with van der Waals surface area (Å²) in [6.45, 7) is 4.34. The van der Waals surface area contributed by atoms with Crippen LogP contribution in [-0.4, -0.2) is 10.9 Å². The number of benzene rings is 2. The molecule has 3 N–H and O–H groups in total. The second-order valence-corrected chi connectivity index (χ2v) is 6.15. The number of hydrogen-bond donors (Lipinski definition) is 2. The molecule has 0 aliphatic rings. The van der Waals surface area contributed by atoms with Crippen LogP contribution < -0.4 is 15.8 Å². The van der Waals surface area contributed by atoms with Crippen molar-refractivity contribution >= 4 is 17.4 Å². The molecule has 1 heterocycles. The maximum absolute atomic E-state index is 12.4. The van der Waals surface area contributed by atoms with E-state index in [-0.39, 0.29) is 11.7 Å². The van der Waals surface area contributed by atoms with Crippen molar-refractivity contribution in [1.82, 2.24) is 4.98 Å². The molecule has 0 fully saturated rings. The second kappa shape index (κ2) is 7.70. The van der Waals surface area contributed by atoms with Gasteiger partial charge in [0.15, 0.2) is 0 Å². The van der Waals surface area contributed by atoms with Crippen LogP contribution in [0.3, 0.4) is 0 Å². The number of amides is 1. The molecule has 132 valence electrons. The van der Waals surface area contributed by atoms with Crippen molar-refractivity contribution in [1.29, 1.82) is 0 Å². The van der Waals surface area contributed by atoms with Crippen molar-refractivity contribution in [2.75, 3.05) is 11.1 Å². The standard InChI is InChI=1S/C21H21N3O2/c1-14-5-3-6-16(11-14)13-26-18-8-4-7-17(12-18)24-21(25)19-10-9-15(2)23-20(19)22/h3-12H,13H2,1-2H3,(H2,22,23)(H,24,25). The zero-order chi connectivity index (χ0) is 18.5. The van der Waals surface area contributed by atoms with Gasteiger partial charge < -0.3 is 15.8 Å². The van der Waals surface area contributed by atoms with Crippen molar-refractivity contribution in [3.05, 3.63) is 83.0 Å². The molecule has 3 aromatic rings. The molecular weight excluding hydrogens is 326 g/mol. The molecule has 0 aliphatic carbocycles. The van der Waals surface area contributed by atoms with Gasteiger partial charge in [-0.05, 0) is 43.7 Å². The van der Waals surface area contributed by atoms with Gasteiger partial charge in [-0.1, -0.05) is 35.9 Å². The largest absolute Gasteiger partial charge is 0.489 e. The molecule has 26 heavy (non-hydrogen) atoms. The molecule has 0 saturated carbocycles. The van der Waals surface area contributed by atoms with E-state index in [2.05, 4.69) is 16.4 Å². The number of carbonyl (C=O) groups excluding carboxylic acids is 1. The zero-order valence-electron chi connectivity index (χ0n) is 14.8. The highest BCUT2D eigenvalue weighted by molar-refractivity contribution is 6.07. The highest BCUT2D eigenvalue weighted by atomic mass is 16.5.